The minimum Gasteiger partial charge on any atom is -0.345 e. The van der Waals surface area contributed by atoms with Crippen LogP contribution in [0.3, 0.4) is 0 Å². The first-order valence-electron chi connectivity index (χ1n) is 9.89. The Morgan fingerprint density at radius 2 is 1.63 bits per heavy atom. The predicted molar refractivity (Wildman–Crippen MR) is 106 cm³/mol. The summed E-state index contributed by atoms with van der Waals surface area (Å²) in [5.74, 6) is -0.768. The molecule has 0 bridgehead atoms. The summed E-state index contributed by atoms with van der Waals surface area (Å²) < 4.78 is 0. The molecule has 3 atom stereocenters. The zero-order chi connectivity index (χ0) is 21.1. The molecule has 0 aliphatic rings. The molecule has 0 saturated carbocycles. The smallest absolute Gasteiger partial charge is 0.245 e. The minimum atomic E-state index is -0.785. The summed E-state index contributed by atoms with van der Waals surface area (Å²) >= 11 is 0. The Morgan fingerprint density at radius 1 is 1.04 bits per heavy atom. The molecule has 0 saturated heterocycles. The minimum absolute atomic E-state index is 0.161. The lowest BCUT2D eigenvalue weighted by molar-refractivity contribution is -0.142. The van der Waals surface area contributed by atoms with Gasteiger partial charge in [0.05, 0.1) is 6.04 Å². The molecule has 3 amide bonds. The molecule has 0 spiro atoms. The normalized spacial score (nSPS) is 14.4. The van der Waals surface area contributed by atoms with E-state index in [4.69, 9.17) is 0 Å². The van der Waals surface area contributed by atoms with E-state index in [2.05, 4.69) is 10.6 Å². The Balaban J connectivity index is 5.21. The highest BCUT2D eigenvalue weighted by Gasteiger charge is 2.31. The molecule has 7 heteroatoms. The molecule has 0 aromatic carbocycles. The van der Waals surface area contributed by atoms with Crippen molar-refractivity contribution in [2.75, 3.05) is 0 Å². The Hall–Kier alpha value is -1.92. The summed E-state index contributed by atoms with van der Waals surface area (Å²) in [7, 11) is 0. The Labute approximate surface area is 163 Å². The monoisotopic (exact) mass is 383 g/mol. The SMILES string of the molecule is CCCC[C@@H](C=O)N(C(=O)[C@H](C)NC(=O)[C@H](CC(C)C)NC(C)=O)C(C)C. The number of carbonyl (C=O) groups is 4. The number of carbonyl (C=O) groups excluding carboxylic acids is 4. The van der Waals surface area contributed by atoms with Crippen molar-refractivity contribution >= 4 is 24.0 Å². The van der Waals surface area contributed by atoms with Crippen LogP contribution >= 0.6 is 0 Å². The molecule has 0 radical (unpaired) electrons. The summed E-state index contributed by atoms with van der Waals surface area (Å²) in [6, 6.07) is -2.14. The fraction of sp³-hybridized carbons (Fsp3) is 0.800. The van der Waals surface area contributed by atoms with Gasteiger partial charge in [0.2, 0.25) is 17.7 Å². The summed E-state index contributed by atoms with van der Waals surface area (Å²) in [5.41, 5.74) is 0. The lowest BCUT2D eigenvalue weighted by atomic mass is 10.0. The molecule has 7 nitrogen and oxygen atoms in total. The highest BCUT2D eigenvalue weighted by Crippen LogP contribution is 2.13. The fourth-order valence-electron chi connectivity index (χ4n) is 3.03. The Morgan fingerprint density at radius 3 is 2.04 bits per heavy atom. The predicted octanol–water partition coefficient (Wildman–Crippen LogP) is 2.04. The van der Waals surface area contributed by atoms with Crippen molar-refractivity contribution in [3.8, 4) is 0 Å². The molecule has 0 aromatic heterocycles. The standard InChI is InChI=1S/C20H37N3O4/c1-8-9-10-17(12-24)23(14(4)5)20(27)15(6)21-19(26)18(11-13(2)3)22-16(7)25/h12-15,17-18H,8-11H2,1-7H3,(H,21,26)(H,22,25)/t15-,17-,18-/m0/s1. The van der Waals surface area contributed by atoms with Crippen LogP contribution in [-0.2, 0) is 19.2 Å². The maximum absolute atomic E-state index is 12.9. The lowest BCUT2D eigenvalue weighted by Crippen LogP contribution is -2.56. The third kappa shape index (κ3) is 9.02. The van der Waals surface area contributed by atoms with E-state index in [1.807, 2.05) is 34.6 Å². The second-order valence-corrected chi connectivity index (χ2v) is 7.80. The van der Waals surface area contributed by atoms with Crippen molar-refractivity contribution in [3.05, 3.63) is 0 Å². The number of nitrogens with zero attached hydrogens (tertiary/aromatic N) is 1. The van der Waals surface area contributed by atoms with E-state index < -0.39 is 18.1 Å². The maximum Gasteiger partial charge on any atom is 0.245 e. The van der Waals surface area contributed by atoms with Crippen molar-refractivity contribution < 1.29 is 19.2 Å². The number of rotatable bonds is 12. The average molecular weight is 384 g/mol. The van der Waals surface area contributed by atoms with Gasteiger partial charge in [-0.2, -0.15) is 0 Å². The van der Waals surface area contributed by atoms with Gasteiger partial charge in [0, 0.05) is 13.0 Å². The van der Waals surface area contributed by atoms with E-state index in [0.717, 1.165) is 19.1 Å². The van der Waals surface area contributed by atoms with Crippen LogP contribution < -0.4 is 10.6 Å². The van der Waals surface area contributed by atoms with E-state index in [1.54, 1.807) is 11.8 Å². The number of amides is 3. The number of hydrogen-bond donors (Lipinski definition) is 2. The van der Waals surface area contributed by atoms with Gasteiger partial charge in [0.25, 0.3) is 0 Å². The Kier molecular flexibility index (Phi) is 11.6. The summed E-state index contributed by atoms with van der Waals surface area (Å²) in [5, 5.41) is 5.34. The van der Waals surface area contributed by atoms with E-state index in [9.17, 15) is 19.2 Å². The van der Waals surface area contributed by atoms with Gasteiger partial charge in [0.1, 0.15) is 18.4 Å². The molecule has 0 fully saturated rings. The van der Waals surface area contributed by atoms with Crippen molar-refractivity contribution in [1.82, 2.24) is 15.5 Å². The fourth-order valence-corrected chi connectivity index (χ4v) is 3.03. The van der Waals surface area contributed by atoms with Crippen LogP contribution in [0.25, 0.3) is 0 Å². The molecule has 0 heterocycles. The van der Waals surface area contributed by atoms with Gasteiger partial charge >= 0.3 is 0 Å². The third-order valence-electron chi connectivity index (χ3n) is 4.31. The van der Waals surface area contributed by atoms with E-state index in [-0.39, 0.29) is 29.7 Å². The summed E-state index contributed by atoms with van der Waals surface area (Å²) in [6.07, 6.45) is 3.67. The van der Waals surface area contributed by atoms with Crippen LogP contribution in [0.1, 0.15) is 74.1 Å². The molecule has 0 aliphatic carbocycles. The highest BCUT2D eigenvalue weighted by atomic mass is 16.2. The van der Waals surface area contributed by atoms with Crippen LogP contribution in [0.5, 0.6) is 0 Å². The van der Waals surface area contributed by atoms with E-state index >= 15 is 0 Å². The zero-order valence-electron chi connectivity index (χ0n) is 17.9. The van der Waals surface area contributed by atoms with Gasteiger partial charge in [-0.25, -0.2) is 0 Å². The van der Waals surface area contributed by atoms with Gasteiger partial charge < -0.3 is 20.3 Å². The number of unbranched alkanes of at least 4 members (excludes halogenated alkanes) is 1. The Bertz CT molecular complexity index is 505. The summed E-state index contributed by atoms with van der Waals surface area (Å²) in [4.78, 5) is 49.9. The van der Waals surface area contributed by atoms with Crippen molar-refractivity contribution in [2.45, 2.75) is 98.3 Å². The average Bonchev–Trinajstić information content (AvgIpc) is 2.55. The topological polar surface area (TPSA) is 95.6 Å². The van der Waals surface area contributed by atoms with Gasteiger partial charge in [-0.15, -0.1) is 0 Å². The van der Waals surface area contributed by atoms with Gasteiger partial charge in [-0.1, -0.05) is 33.6 Å². The van der Waals surface area contributed by atoms with Crippen LogP contribution in [0.2, 0.25) is 0 Å². The molecular formula is C20H37N3O4. The molecular weight excluding hydrogens is 346 g/mol. The molecule has 156 valence electrons. The molecule has 27 heavy (non-hydrogen) atoms. The first-order valence-corrected chi connectivity index (χ1v) is 9.89. The maximum atomic E-state index is 12.9. The second kappa shape index (κ2) is 12.5. The number of nitrogens with one attached hydrogen (secondary N) is 2. The van der Waals surface area contributed by atoms with E-state index in [1.165, 1.54) is 6.92 Å². The summed E-state index contributed by atoms with van der Waals surface area (Å²) in [6.45, 7) is 12.6. The molecule has 2 N–H and O–H groups in total. The number of aldehydes is 1. The van der Waals surface area contributed by atoms with Crippen LogP contribution in [0, 0.1) is 5.92 Å². The first-order chi connectivity index (χ1) is 12.5. The van der Waals surface area contributed by atoms with Crippen molar-refractivity contribution in [3.63, 3.8) is 0 Å². The van der Waals surface area contributed by atoms with Gasteiger partial charge in [-0.3, -0.25) is 14.4 Å². The first kappa shape index (κ1) is 25.1. The largest absolute Gasteiger partial charge is 0.345 e. The van der Waals surface area contributed by atoms with Crippen LogP contribution in [-0.4, -0.2) is 53.1 Å². The van der Waals surface area contributed by atoms with Gasteiger partial charge in [0.15, 0.2) is 0 Å². The van der Waals surface area contributed by atoms with Crippen LogP contribution in [0.15, 0.2) is 0 Å². The molecule has 0 aromatic rings. The molecule has 0 rings (SSSR count). The van der Waals surface area contributed by atoms with Crippen molar-refractivity contribution in [2.24, 2.45) is 5.92 Å². The van der Waals surface area contributed by atoms with E-state index in [0.29, 0.717) is 12.8 Å². The molecule has 0 unspecified atom stereocenters. The highest BCUT2D eigenvalue weighted by molar-refractivity contribution is 5.92. The lowest BCUT2D eigenvalue weighted by Gasteiger charge is -2.34. The van der Waals surface area contributed by atoms with Crippen molar-refractivity contribution in [1.29, 1.82) is 0 Å². The second-order valence-electron chi connectivity index (χ2n) is 7.80. The third-order valence-corrected chi connectivity index (χ3v) is 4.31. The number of hydrogen-bond acceptors (Lipinski definition) is 4. The molecule has 0 aliphatic heterocycles. The van der Waals surface area contributed by atoms with Crippen LogP contribution in [0.4, 0.5) is 0 Å². The van der Waals surface area contributed by atoms with Gasteiger partial charge in [-0.05, 0) is 39.5 Å². The quantitative estimate of drug-likeness (QED) is 0.504. The zero-order valence-corrected chi connectivity index (χ0v) is 17.9.